The number of hydrogen-bond acceptors (Lipinski definition) is 5. The van der Waals surface area contributed by atoms with E-state index in [-0.39, 0.29) is 18.0 Å². The van der Waals surface area contributed by atoms with E-state index in [1.54, 1.807) is 0 Å². The fourth-order valence-corrected chi connectivity index (χ4v) is 4.97. The van der Waals surface area contributed by atoms with Crippen molar-refractivity contribution in [3.8, 4) is 0 Å². The molecule has 2 rings (SSSR count). The third kappa shape index (κ3) is 5.91. The molecule has 0 bridgehead atoms. The van der Waals surface area contributed by atoms with Crippen molar-refractivity contribution < 1.29 is 14.7 Å². The van der Waals surface area contributed by atoms with Crippen molar-refractivity contribution in [2.75, 3.05) is 20.6 Å². The lowest BCUT2D eigenvalue weighted by Gasteiger charge is -2.39. The van der Waals surface area contributed by atoms with E-state index in [0.29, 0.717) is 30.8 Å². The Balaban J connectivity index is 1.88. The van der Waals surface area contributed by atoms with Crippen LogP contribution in [0.15, 0.2) is 0 Å². The second-order valence-electron chi connectivity index (χ2n) is 8.90. The van der Waals surface area contributed by atoms with Gasteiger partial charge >= 0.3 is 5.97 Å². The summed E-state index contributed by atoms with van der Waals surface area (Å²) in [6.45, 7) is 7.43. The van der Waals surface area contributed by atoms with Crippen LogP contribution in [-0.2, 0) is 9.59 Å². The monoisotopic (exact) mass is 396 g/mol. The molecule has 28 heavy (non-hydrogen) atoms. The van der Waals surface area contributed by atoms with E-state index in [9.17, 15) is 14.7 Å². The zero-order chi connectivity index (χ0) is 20.8. The van der Waals surface area contributed by atoms with E-state index in [1.165, 1.54) is 0 Å². The molecule has 0 radical (unpaired) electrons. The summed E-state index contributed by atoms with van der Waals surface area (Å²) in [5.74, 6) is -0.545. The highest BCUT2D eigenvalue weighted by molar-refractivity contribution is 5.76. The lowest BCUT2D eigenvalue weighted by atomic mass is 9.80. The van der Waals surface area contributed by atoms with Crippen molar-refractivity contribution in [3.63, 3.8) is 0 Å². The van der Waals surface area contributed by atoms with Gasteiger partial charge in [0.05, 0.1) is 5.92 Å². The molecule has 1 aliphatic carbocycles. The van der Waals surface area contributed by atoms with Crippen molar-refractivity contribution in [1.82, 2.24) is 20.7 Å². The Hall–Kier alpha value is -1.18. The van der Waals surface area contributed by atoms with E-state index in [2.05, 4.69) is 55.5 Å². The number of amides is 1. The van der Waals surface area contributed by atoms with E-state index in [0.717, 1.165) is 38.6 Å². The van der Waals surface area contributed by atoms with Gasteiger partial charge in [0.15, 0.2) is 0 Å². The van der Waals surface area contributed by atoms with Gasteiger partial charge in [-0.1, -0.05) is 13.3 Å². The summed E-state index contributed by atoms with van der Waals surface area (Å²) >= 11 is 0. The molecular weight excluding hydrogens is 356 g/mol. The molecule has 3 N–H and O–H groups in total. The quantitative estimate of drug-likeness (QED) is 0.553. The summed E-state index contributed by atoms with van der Waals surface area (Å²) in [6, 6.07) is 0.951. The van der Waals surface area contributed by atoms with Gasteiger partial charge in [0.25, 0.3) is 0 Å². The summed E-state index contributed by atoms with van der Waals surface area (Å²) in [4.78, 5) is 26.2. The van der Waals surface area contributed by atoms with Crippen LogP contribution < -0.4 is 10.7 Å². The number of nitrogens with zero attached hydrogens (tertiary/aromatic N) is 2. The Kier molecular flexibility index (Phi) is 8.71. The van der Waals surface area contributed by atoms with Gasteiger partial charge in [-0.05, 0) is 65.5 Å². The predicted octanol–water partition coefficient (Wildman–Crippen LogP) is 2.08. The Labute approximate surface area is 170 Å². The van der Waals surface area contributed by atoms with E-state index in [1.807, 2.05) is 0 Å². The molecule has 0 aromatic carbocycles. The van der Waals surface area contributed by atoms with Gasteiger partial charge in [-0.2, -0.15) is 0 Å². The Morgan fingerprint density at radius 2 is 2.00 bits per heavy atom. The topological polar surface area (TPSA) is 84.9 Å². The first-order valence-corrected chi connectivity index (χ1v) is 11.0. The zero-order valence-electron chi connectivity index (χ0n) is 18.3. The van der Waals surface area contributed by atoms with Crippen LogP contribution in [0.3, 0.4) is 0 Å². The van der Waals surface area contributed by atoms with Crippen molar-refractivity contribution in [2.24, 2.45) is 11.8 Å². The van der Waals surface area contributed by atoms with E-state index < -0.39 is 11.9 Å². The minimum Gasteiger partial charge on any atom is -0.481 e. The van der Waals surface area contributed by atoms with E-state index >= 15 is 0 Å². The number of nitrogens with one attached hydrogen (secondary N) is 2. The van der Waals surface area contributed by atoms with Crippen molar-refractivity contribution in [1.29, 1.82) is 0 Å². The molecule has 0 aromatic heterocycles. The molecule has 2 fully saturated rings. The van der Waals surface area contributed by atoms with Crippen molar-refractivity contribution >= 4 is 11.9 Å². The van der Waals surface area contributed by atoms with E-state index in [4.69, 9.17) is 0 Å². The molecule has 1 heterocycles. The summed E-state index contributed by atoms with van der Waals surface area (Å²) in [5, 5.41) is 15.0. The number of carbonyl (C=O) groups is 2. The Morgan fingerprint density at radius 1 is 1.29 bits per heavy atom. The molecular formula is C21H40N4O3. The predicted molar refractivity (Wildman–Crippen MR) is 111 cm³/mol. The molecule has 162 valence electrons. The highest BCUT2D eigenvalue weighted by atomic mass is 16.4. The van der Waals surface area contributed by atoms with Crippen molar-refractivity contribution in [2.45, 2.75) is 89.9 Å². The summed E-state index contributed by atoms with van der Waals surface area (Å²) in [7, 11) is 4.14. The smallest absolute Gasteiger partial charge is 0.308 e. The second kappa shape index (κ2) is 10.6. The van der Waals surface area contributed by atoms with Gasteiger partial charge in [-0.15, -0.1) is 0 Å². The van der Waals surface area contributed by atoms with Gasteiger partial charge in [0.2, 0.25) is 5.91 Å². The maximum absolute atomic E-state index is 12.0. The zero-order valence-corrected chi connectivity index (χ0v) is 18.3. The average Bonchev–Trinajstić information content (AvgIpc) is 2.89. The Morgan fingerprint density at radius 3 is 2.57 bits per heavy atom. The normalized spacial score (nSPS) is 33.9. The molecule has 0 spiro atoms. The van der Waals surface area contributed by atoms with Gasteiger partial charge in [0, 0.05) is 37.6 Å². The number of rotatable bonds is 9. The first kappa shape index (κ1) is 23.1. The van der Waals surface area contributed by atoms with Crippen LogP contribution in [0.1, 0.15) is 65.7 Å². The fraction of sp³-hybridized carbons (Fsp3) is 0.905. The first-order chi connectivity index (χ1) is 13.2. The Bertz CT molecular complexity index is 530. The fourth-order valence-electron chi connectivity index (χ4n) is 4.97. The van der Waals surface area contributed by atoms with Crippen molar-refractivity contribution in [3.05, 3.63) is 0 Å². The number of carbonyl (C=O) groups excluding carboxylic acids is 1. The summed E-state index contributed by atoms with van der Waals surface area (Å²) in [5.41, 5.74) is 3.47. The minimum atomic E-state index is -0.742. The van der Waals surface area contributed by atoms with Crippen LogP contribution in [-0.4, -0.2) is 71.7 Å². The molecule has 2 aliphatic rings. The lowest BCUT2D eigenvalue weighted by molar-refractivity contribution is -0.146. The highest BCUT2D eigenvalue weighted by Crippen LogP contribution is 2.30. The van der Waals surface area contributed by atoms with Crippen LogP contribution in [0.2, 0.25) is 0 Å². The molecule has 1 saturated carbocycles. The molecule has 6 atom stereocenters. The highest BCUT2D eigenvalue weighted by Gasteiger charge is 2.39. The summed E-state index contributed by atoms with van der Waals surface area (Å²) in [6.07, 6.45) is 5.67. The maximum atomic E-state index is 12.0. The van der Waals surface area contributed by atoms with Gasteiger partial charge < -0.3 is 15.3 Å². The number of hydrogen-bond donors (Lipinski definition) is 3. The molecule has 7 heteroatoms. The molecule has 1 aliphatic heterocycles. The van der Waals surface area contributed by atoms with Gasteiger partial charge in [-0.25, -0.2) is 5.01 Å². The van der Waals surface area contributed by atoms with Gasteiger partial charge in [0.1, 0.15) is 0 Å². The molecule has 7 nitrogen and oxygen atoms in total. The van der Waals surface area contributed by atoms with Crippen LogP contribution in [0.4, 0.5) is 0 Å². The summed E-state index contributed by atoms with van der Waals surface area (Å²) < 4.78 is 0. The molecule has 6 unspecified atom stereocenters. The van der Waals surface area contributed by atoms with Crippen LogP contribution in [0.25, 0.3) is 0 Å². The second-order valence-corrected chi connectivity index (χ2v) is 8.90. The lowest BCUT2D eigenvalue weighted by Crippen LogP contribution is -2.50. The SMILES string of the molecule is CCCCC(=O)NC1CCC(N(C)CCC2C(C)NN(C)C2C)C(C(=O)O)C1. The largest absolute Gasteiger partial charge is 0.481 e. The van der Waals surface area contributed by atoms with Gasteiger partial charge in [-0.3, -0.25) is 15.0 Å². The van der Waals surface area contributed by atoms with Crippen LogP contribution >= 0.6 is 0 Å². The minimum absolute atomic E-state index is 0.0113. The first-order valence-electron chi connectivity index (χ1n) is 11.0. The third-order valence-corrected chi connectivity index (χ3v) is 6.91. The standard InChI is InChI=1S/C21H40N4O3/c1-6-7-8-20(26)22-16-9-10-19(18(13-16)21(27)28)24(4)12-11-17-14(2)23-25(5)15(17)3/h14-19,23H,6-13H2,1-5H3,(H,22,26)(H,27,28). The maximum Gasteiger partial charge on any atom is 0.308 e. The number of carboxylic acids is 1. The van der Waals surface area contributed by atoms with Crippen LogP contribution in [0.5, 0.6) is 0 Å². The van der Waals surface area contributed by atoms with Crippen LogP contribution in [0, 0.1) is 11.8 Å². The number of aliphatic carboxylic acids is 1. The molecule has 1 saturated heterocycles. The number of hydrazine groups is 1. The molecule has 1 amide bonds. The number of unbranched alkanes of at least 4 members (excludes halogenated alkanes) is 1. The number of carboxylic acid groups (broad SMARTS) is 1. The molecule has 0 aromatic rings. The average molecular weight is 397 g/mol. The third-order valence-electron chi connectivity index (χ3n) is 6.91.